The highest BCUT2D eigenvalue weighted by Crippen LogP contribution is 2.21. The first-order valence-corrected chi connectivity index (χ1v) is 4.71. The van der Waals surface area contributed by atoms with E-state index in [1.807, 2.05) is 0 Å². The maximum absolute atomic E-state index is 11.9. The molecule has 6 heteroatoms. The van der Waals surface area contributed by atoms with Gasteiger partial charge in [-0.1, -0.05) is 6.92 Å². The van der Waals surface area contributed by atoms with Crippen molar-refractivity contribution in [2.24, 2.45) is 0 Å². The normalized spacial score (nSPS) is 15.9. The highest BCUT2D eigenvalue weighted by molar-refractivity contribution is 5.77. The van der Waals surface area contributed by atoms with E-state index in [1.165, 1.54) is 0 Å². The Hall–Kier alpha value is -0.780. The van der Waals surface area contributed by atoms with Crippen LogP contribution in [0.25, 0.3) is 0 Å². The van der Waals surface area contributed by atoms with E-state index in [-0.39, 0.29) is 13.0 Å². The van der Waals surface area contributed by atoms with Gasteiger partial charge in [-0.3, -0.25) is 4.79 Å². The lowest BCUT2D eigenvalue weighted by Crippen LogP contribution is -2.47. The molecule has 90 valence electrons. The molecule has 0 rings (SSSR count). The lowest BCUT2D eigenvalue weighted by atomic mass is 9.95. The molecule has 0 fully saturated rings. The van der Waals surface area contributed by atoms with E-state index >= 15 is 0 Å². The topological polar surface area (TPSA) is 49.3 Å². The Morgan fingerprint density at radius 2 is 1.93 bits per heavy atom. The summed E-state index contributed by atoms with van der Waals surface area (Å²) in [6.45, 7) is 3.18. The van der Waals surface area contributed by atoms with Crippen LogP contribution in [0.1, 0.15) is 33.1 Å². The molecule has 0 aromatic rings. The number of aliphatic hydroxyl groups is 1. The Balaban J connectivity index is 4.24. The number of carbonyl (C=O) groups excluding carboxylic acids is 1. The van der Waals surface area contributed by atoms with E-state index in [0.717, 1.165) is 0 Å². The number of hydrogen-bond acceptors (Lipinski definition) is 2. The second-order valence-electron chi connectivity index (χ2n) is 3.73. The summed E-state index contributed by atoms with van der Waals surface area (Å²) < 4.78 is 35.6. The van der Waals surface area contributed by atoms with Crippen LogP contribution < -0.4 is 5.32 Å². The standard InChI is InChI=1S/C9H16F3NO2/c1-3-8(2,4-5-14)13-7(15)6-9(10,11)12/h14H,3-6H2,1-2H3,(H,13,15). The maximum Gasteiger partial charge on any atom is 0.397 e. The quantitative estimate of drug-likeness (QED) is 0.749. The van der Waals surface area contributed by atoms with Crippen molar-refractivity contribution in [2.45, 2.75) is 44.8 Å². The van der Waals surface area contributed by atoms with Crippen LogP contribution in [0.5, 0.6) is 0 Å². The third-order valence-electron chi connectivity index (χ3n) is 2.25. The van der Waals surface area contributed by atoms with Crippen molar-refractivity contribution in [2.75, 3.05) is 6.61 Å². The van der Waals surface area contributed by atoms with Crippen molar-refractivity contribution in [3.8, 4) is 0 Å². The monoisotopic (exact) mass is 227 g/mol. The molecule has 0 aliphatic rings. The molecule has 1 unspecified atom stereocenters. The predicted molar refractivity (Wildman–Crippen MR) is 49.2 cm³/mol. The molecule has 0 radical (unpaired) electrons. The summed E-state index contributed by atoms with van der Waals surface area (Å²) in [6.07, 6.45) is -5.25. The first-order chi connectivity index (χ1) is 6.72. The number of amides is 1. The molecule has 1 amide bonds. The van der Waals surface area contributed by atoms with Crippen molar-refractivity contribution in [3.63, 3.8) is 0 Å². The van der Waals surface area contributed by atoms with Gasteiger partial charge in [0.1, 0.15) is 6.42 Å². The number of hydrogen-bond donors (Lipinski definition) is 2. The van der Waals surface area contributed by atoms with Gasteiger partial charge < -0.3 is 10.4 Å². The largest absolute Gasteiger partial charge is 0.397 e. The lowest BCUT2D eigenvalue weighted by molar-refractivity contribution is -0.155. The second kappa shape index (κ2) is 5.34. The fraction of sp³-hybridized carbons (Fsp3) is 0.889. The smallest absolute Gasteiger partial charge is 0.396 e. The number of carbonyl (C=O) groups is 1. The van der Waals surface area contributed by atoms with E-state index in [9.17, 15) is 18.0 Å². The van der Waals surface area contributed by atoms with Crippen LogP contribution in [0.2, 0.25) is 0 Å². The fourth-order valence-electron chi connectivity index (χ4n) is 1.14. The molecule has 0 heterocycles. The minimum absolute atomic E-state index is 0.170. The summed E-state index contributed by atoms with van der Waals surface area (Å²) in [5.41, 5.74) is -0.767. The van der Waals surface area contributed by atoms with Crippen molar-refractivity contribution >= 4 is 5.91 Å². The fourth-order valence-corrected chi connectivity index (χ4v) is 1.14. The van der Waals surface area contributed by atoms with E-state index < -0.39 is 24.0 Å². The number of aliphatic hydroxyl groups excluding tert-OH is 1. The zero-order valence-electron chi connectivity index (χ0n) is 8.82. The van der Waals surface area contributed by atoms with Crippen molar-refractivity contribution in [1.82, 2.24) is 5.32 Å². The first kappa shape index (κ1) is 14.2. The average Bonchev–Trinajstić information content (AvgIpc) is 2.00. The maximum atomic E-state index is 11.9. The molecule has 0 saturated heterocycles. The summed E-state index contributed by atoms with van der Waals surface area (Å²) >= 11 is 0. The van der Waals surface area contributed by atoms with E-state index in [2.05, 4.69) is 5.32 Å². The van der Waals surface area contributed by atoms with E-state index in [4.69, 9.17) is 5.11 Å². The summed E-state index contributed by atoms with van der Waals surface area (Å²) in [6, 6.07) is 0. The van der Waals surface area contributed by atoms with Gasteiger partial charge >= 0.3 is 6.18 Å². The molecule has 15 heavy (non-hydrogen) atoms. The molecule has 2 N–H and O–H groups in total. The summed E-state index contributed by atoms with van der Waals surface area (Å²) in [5.74, 6) is -1.06. The molecule has 0 aliphatic heterocycles. The molecule has 0 spiro atoms. The van der Waals surface area contributed by atoms with Crippen LogP contribution >= 0.6 is 0 Å². The van der Waals surface area contributed by atoms with Crippen molar-refractivity contribution < 1.29 is 23.1 Å². The van der Waals surface area contributed by atoms with Gasteiger partial charge in [-0.05, 0) is 19.8 Å². The molecule has 0 aromatic heterocycles. The van der Waals surface area contributed by atoms with E-state index in [0.29, 0.717) is 6.42 Å². The number of halogens is 3. The van der Waals surface area contributed by atoms with E-state index in [1.54, 1.807) is 13.8 Å². The zero-order chi connectivity index (χ0) is 12.1. The Labute approximate surface area is 86.7 Å². The SMILES string of the molecule is CCC(C)(CCO)NC(=O)CC(F)(F)F. The van der Waals surface area contributed by atoms with Gasteiger partial charge in [-0.25, -0.2) is 0 Å². The molecule has 0 aliphatic carbocycles. The van der Waals surface area contributed by atoms with Gasteiger partial charge in [0.05, 0.1) is 0 Å². The molecule has 0 bridgehead atoms. The molecule has 0 saturated carbocycles. The van der Waals surface area contributed by atoms with Crippen LogP contribution in [-0.2, 0) is 4.79 Å². The van der Waals surface area contributed by atoms with Crippen LogP contribution in [0.4, 0.5) is 13.2 Å². The average molecular weight is 227 g/mol. The van der Waals surface area contributed by atoms with Crippen LogP contribution in [-0.4, -0.2) is 29.3 Å². The predicted octanol–water partition coefficient (Wildman–Crippen LogP) is 1.61. The zero-order valence-corrected chi connectivity index (χ0v) is 8.82. The molecule has 3 nitrogen and oxygen atoms in total. The van der Waals surface area contributed by atoms with Gasteiger partial charge in [0.2, 0.25) is 5.91 Å². The van der Waals surface area contributed by atoms with Crippen LogP contribution in [0.3, 0.4) is 0 Å². The minimum Gasteiger partial charge on any atom is -0.396 e. The Morgan fingerprint density at radius 3 is 2.27 bits per heavy atom. The Kier molecular flexibility index (Phi) is 5.07. The third-order valence-corrected chi connectivity index (χ3v) is 2.25. The van der Waals surface area contributed by atoms with Gasteiger partial charge in [-0.15, -0.1) is 0 Å². The second-order valence-corrected chi connectivity index (χ2v) is 3.73. The summed E-state index contributed by atoms with van der Waals surface area (Å²) in [5, 5.41) is 11.0. The Bertz CT molecular complexity index is 218. The van der Waals surface area contributed by atoms with Crippen LogP contribution in [0, 0.1) is 0 Å². The molecular formula is C9H16F3NO2. The highest BCUT2D eigenvalue weighted by atomic mass is 19.4. The number of alkyl halides is 3. The van der Waals surface area contributed by atoms with Gasteiger partial charge in [-0.2, -0.15) is 13.2 Å². The lowest BCUT2D eigenvalue weighted by Gasteiger charge is -2.29. The summed E-state index contributed by atoms with van der Waals surface area (Å²) in [7, 11) is 0. The third kappa shape index (κ3) is 6.33. The molecule has 0 aromatic carbocycles. The minimum atomic E-state index is -4.49. The van der Waals surface area contributed by atoms with Gasteiger partial charge in [0.15, 0.2) is 0 Å². The van der Waals surface area contributed by atoms with Gasteiger partial charge in [0, 0.05) is 12.1 Å². The van der Waals surface area contributed by atoms with Crippen molar-refractivity contribution in [1.29, 1.82) is 0 Å². The first-order valence-electron chi connectivity index (χ1n) is 4.71. The van der Waals surface area contributed by atoms with Crippen molar-refractivity contribution in [3.05, 3.63) is 0 Å². The molecular weight excluding hydrogens is 211 g/mol. The molecule has 1 atom stereocenters. The number of nitrogens with one attached hydrogen (secondary N) is 1. The van der Waals surface area contributed by atoms with Gasteiger partial charge in [0.25, 0.3) is 0 Å². The number of rotatable bonds is 5. The van der Waals surface area contributed by atoms with Crippen LogP contribution in [0.15, 0.2) is 0 Å². The summed E-state index contributed by atoms with van der Waals surface area (Å²) in [4.78, 5) is 11.0. The highest BCUT2D eigenvalue weighted by Gasteiger charge is 2.33. The Morgan fingerprint density at radius 1 is 1.40 bits per heavy atom.